The Kier molecular flexibility index (Phi) is 3.44. The molecule has 0 fully saturated rings. The summed E-state index contributed by atoms with van der Waals surface area (Å²) in [6.07, 6.45) is 0. The lowest BCUT2D eigenvalue weighted by molar-refractivity contribution is -0.394. The molecular weight excluding hydrogens is 295 g/mol. The lowest BCUT2D eigenvalue weighted by Crippen LogP contribution is -2.04. The van der Waals surface area contributed by atoms with Crippen LogP contribution in [0.2, 0.25) is 0 Å². The molecule has 0 aliphatic rings. The number of hydrogen-bond acceptors (Lipinski definition) is 6. The zero-order valence-electron chi connectivity index (χ0n) is 10.6. The normalized spacial score (nSPS) is 10.7. The van der Waals surface area contributed by atoms with Crippen molar-refractivity contribution in [1.82, 2.24) is 9.97 Å². The molecule has 21 heavy (non-hydrogen) atoms. The summed E-state index contributed by atoms with van der Waals surface area (Å²) in [5.74, 6) is -0.347. The maximum absolute atomic E-state index is 12.8. The van der Waals surface area contributed by atoms with E-state index in [9.17, 15) is 14.5 Å². The Morgan fingerprint density at radius 1 is 1.24 bits per heavy atom. The molecule has 0 aliphatic carbocycles. The first-order valence-corrected chi connectivity index (χ1v) is 6.89. The van der Waals surface area contributed by atoms with Crippen molar-refractivity contribution >= 4 is 33.3 Å². The van der Waals surface area contributed by atoms with Crippen LogP contribution in [0.5, 0.6) is 0 Å². The van der Waals surface area contributed by atoms with Crippen molar-refractivity contribution < 1.29 is 9.31 Å². The van der Waals surface area contributed by atoms with E-state index in [0.717, 1.165) is 10.9 Å². The number of nitrogens with zero attached hydrogens (tertiary/aromatic N) is 3. The van der Waals surface area contributed by atoms with Gasteiger partial charge in [0.1, 0.15) is 5.82 Å². The van der Waals surface area contributed by atoms with Gasteiger partial charge < -0.3 is 15.4 Å². The van der Waals surface area contributed by atoms with E-state index in [1.807, 2.05) is 0 Å². The molecule has 0 amide bonds. The second-order valence-electron chi connectivity index (χ2n) is 4.25. The number of anilines is 1. The van der Waals surface area contributed by atoms with Crippen molar-refractivity contribution in [2.24, 2.45) is 0 Å². The first kappa shape index (κ1) is 13.4. The van der Waals surface area contributed by atoms with Crippen molar-refractivity contribution in [3.63, 3.8) is 0 Å². The van der Waals surface area contributed by atoms with Crippen LogP contribution < -0.4 is 5.32 Å². The molecule has 3 rings (SSSR count). The topological polar surface area (TPSA) is 81.0 Å². The molecule has 1 N–H and O–H groups in total. The standard InChI is InChI=1S/C13H9FN4O2S/c14-9-3-1-8(2-4-9)7-15-11-10-5-6-21-12(10)17-13(16-11)18(19)20/h1-6H,7H2,(H,15,16,17). The number of rotatable bonds is 4. The summed E-state index contributed by atoms with van der Waals surface area (Å²) in [5.41, 5.74) is 0.848. The van der Waals surface area contributed by atoms with E-state index < -0.39 is 10.9 Å². The molecule has 0 atom stereocenters. The third-order valence-electron chi connectivity index (χ3n) is 2.85. The minimum absolute atomic E-state index is 0.309. The summed E-state index contributed by atoms with van der Waals surface area (Å²) in [5, 5.41) is 16.4. The van der Waals surface area contributed by atoms with E-state index in [1.54, 1.807) is 23.6 Å². The van der Waals surface area contributed by atoms with E-state index in [0.29, 0.717) is 17.2 Å². The van der Waals surface area contributed by atoms with E-state index >= 15 is 0 Å². The van der Waals surface area contributed by atoms with Gasteiger partial charge in [-0.1, -0.05) is 17.1 Å². The monoisotopic (exact) mass is 304 g/mol. The lowest BCUT2D eigenvalue weighted by Gasteiger charge is -2.04. The molecule has 106 valence electrons. The maximum Gasteiger partial charge on any atom is 0.472 e. The molecule has 3 aromatic rings. The van der Waals surface area contributed by atoms with Gasteiger partial charge in [-0.25, -0.2) is 4.39 Å². The largest absolute Gasteiger partial charge is 0.472 e. The molecule has 2 aromatic heterocycles. The fraction of sp³-hybridized carbons (Fsp3) is 0.0769. The average molecular weight is 304 g/mol. The number of aromatic nitrogens is 2. The van der Waals surface area contributed by atoms with Gasteiger partial charge in [-0.2, -0.15) is 0 Å². The van der Waals surface area contributed by atoms with E-state index in [4.69, 9.17) is 0 Å². The van der Waals surface area contributed by atoms with E-state index in [-0.39, 0.29) is 5.82 Å². The van der Waals surface area contributed by atoms with Crippen LogP contribution in [0.15, 0.2) is 35.7 Å². The van der Waals surface area contributed by atoms with Crippen molar-refractivity contribution in [2.45, 2.75) is 6.54 Å². The number of nitro groups is 1. The van der Waals surface area contributed by atoms with Gasteiger partial charge >= 0.3 is 5.95 Å². The molecule has 0 bridgehead atoms. The zero-order valence-corrected chi connectivity index (χ0v) is 11.4. The Labute approximate surface area is 122 Å². The number of nitrogens with one attached hydrogen (secondary N) is 1. The first-order valence-electron chi connectivity index (χ1n) is 6.01. The van der Waals surface area contributed by atoms with Crippen molar-refractivity contribution in [1.29, 1.82) is 0 Å². The van der Waals surface area contributed by atoms with Crippen molar-refractivity contribution in [3.8, 4) is 0 Å². The minimum atomic E-state index is -0.623. The zero-order chi connectivity index (χ0) is 14.8. The van der Waals surface area contributed by atoms with Gasteiger partial charge in [0.15, 0.2) is 0 Å². The van der Waals surface area contributed by atoms with Crippen molar-refractivity contribution in [2.75, 3.05) is 5.32 Å². The Bertz CT molecular complexity index is 804. The molecule has 0 saturated carbocycles. The molecule has 0 unspecified atom stereocenters. The number of thiophene rings is 1. The van der Waals surface area contributed by atoms with Crippen LogP contribution in [-0.2, 0) is 6.54 Å². The smallest absolute Gasteiger partial charge is 0.390 e. The van der Waals surface area contributed by atoms with Crippen LogP contribution in [0.25, 0.3) is 10.2 Å². The Morgan fingerprint density at radius 3 is 2.71 bits per heavy atom. The Hall–Kier alpha value is -2.61. The Morgan fingerprint density at radius 2 is 2.00 bits per heavy atom. The predicted molar refractivity (Wildman–Crippen MR) is 77.8 cm³/mol. The SMILES string of the molecule is O=[N+]([O-])c1nc(NCc2ccc(F)cc2)c2ccsc2n1. The summed E-state index contributed by atoms with van der Waals surface area (Å²) in [4.78, 5) is 18.6. The van der Waals surface area contributed by atoms with E-state index in [1.165, 1.54) is 23.5 Å². The molecular formula is C13H9FN4O2S. The summed E-state index contributed by atoms with van der Waals surface area (Å²) in [7, 11) is 0. The lowest BCUT2D eigenvalue weighted by atomic mass is 10.2. The third kappa shape index (κ3) is 2.79. The fourth-order valence-corrected chi connectivity index (χ4v) is 2.61. The van der Waals surface area contributed by atoms with Gasteiger partial charge in [0.25, 0.3) is 0 Å². The average Bonchev–Trinajstić information content (AvgIpc) is 2.94. The molecule has 6 nitrogen and oxygen atoms in total. The van der Waals surface area contributed by atoms with Gasteiger partial charge in [0.05, 0.1) is 5.39 Å². The van der Waals surface area contributed by atoms with E-state index in [2.05, 4.69) is 15.3 Å². The van der Waals surface area contributed by atoms with Crippen LogP contribution in [0.4, 0.5) is 16.2 Å². The maximum atomic E-state index is 12.8. The molecule has 0 saturated heterocycles. The highest BCUT2D eigenvalue weighted by atomic mass is 32.1. The van der Waals surface area contributed by atoms with Crippen LogP contribution in [0, 0.1) is 15.9 Å². The van der Waals surface area contributed by atoms with Gasteiger partial charge in [-0.3, -0.25) is 0 Å². The molecule has 0 spiro atoms. The summed E-state index contributed by atoms with van der Waals surface area (Å²) in [6, 6.07) is 7.81. The van der Waals surface area contributed by atoms with Crippen LogP contribution in [-0.4, -0.2) is 14.9 Å². The highest BCUT2D eigenvalue weighted by Gasteiger charge is 2.18. The summed E-state index contributed by atoms with van der Waals surface area (Å²) >= 11 is 1.31. The highest BCUT2D eigenvalue weighted by Crippen LogP contribution is 2.27. The molecule has 0 aliphatic heterocycles. The second kappa shape index (κ2) is 5.41. The quantitative estimate of drug-likeness (QED) is 0.590. The number of benzene rings is 1. The molecule has 1 aromatic carbocycles. The summed E-state index contributed by atoms with van der Waals surface area (Å²) in [6.45, 7) is 0.388. The van der Waals surface area contributed by atoms with Gasteiger partial charge in [0, 0.05) is 6.54 Å². The van der Waals surface area contributed by atoms with Crippen LogP contribution in [0.1, 0.15) is 5.56 Å². The number of hydrogen-bond donors (Lipinski definition) is 1. The third-order valence-corrected chi connectivity index (χ3v) is 3.66. The second-order valence-corrected chi connectivity index (χ2v) is 5.14. The number of fused-ring (bicyclic) bond motifs is 1. The predicted octanol–water partition coefficient (Wildman–Crippen LogP) is 3.35. The van der Waals surface area contributed by atoms with Crippen molar-refractivity contribution in [3.05, 3.63) is 57.2 Å². The molecule has 0 radical (unpaired) electrons. The molecule has 2 heterocycles. The van der Waals surface area contributed by atoms with Gasteiger partial charge in [-0.15, -0.1) is 11.3 Å². The summed E-state index contributed by atoms with van der Waals surface area (Å²) < 4.78 is 12.8. The minimum Gasteiger partial charge on any atom is -0.390 e. The highest BCUT2D eigenvalue weighted by molar-refractivity contribution is 7.16. The fourth-order valence-electron chi connectivity index (χ4n) is 1.85. The molecule has 8 heteroatoms. The van der Waals surface area contributed by atoms with Crippen LogP contribution in [0.3, 0.4) is 0 Å². The van der Waals surface area contributed by atoms with Gasteiger partial charge in [-0.05, 0) is 39.0 Å². The first-order chi connectivity index (χ1) is 10.1. The van der Waals surface area contributed by atoms with Gasteiger partial charge in [0.2, 0.25) is 10.6 Å². The van der Waals surface area contributed by atoms with Crippen LogP contribution >= 0.6 is 11.3 Å². The Balaban J connectivity index is 1.90. The number of halogens is 1.